The van der Waals surface area contributed by atoms with E-state index in [0.717, 1.165) is 32.7 Å². The predicted octanol–water partition coefficient (Wildman–Crippen LogP) is 0.196. The minimum absolute atomic E-state index is 0.111. The molecule has 4 nitrogen and oxygen atoms in total. The Bertz CT molecular complexity index is 204. The molecule has 88 valence electrons. The lowest BCUT2D eigenvalue weighted by molar-refractivity contribution is -0.122. The summed E-state index contributed by atoms with van der Waals surface area (Å²) >= 11 is 0. The second kappa shape index (κ2) is 5.47. The van der Waals surface area contributed by atoms with Crippen molar-refractivity contribution in [3.8, 4) is 0 Å². The fraction of sp³-hybridized carbons (Fsp3) is 0.909. The summed E-state index contributed by atoms with van der Waals surface area (Å²) in [5, 5.41) is 6.28. The average molecular weight is 213 g/mol. The number of nitrogens with one attached hydrogen (secondary N) is 2. The standard InChI is InChI=1S/C11H23N3O/c1-11(2,3)13-10(15)4-7-14-8-5-12-6-9-14/h12H,4-9H2,1-3H3,(H,13,15). The normalized spacial score (nSPS) is 18.9. The summed E-state index contributed by atoms with van der Waals surface area (Å²) < 4.78 is 0. The van der Waals surface area contributed by atoms with E-state index in [-0.39, 0.29) is 11.4 Å². The average Bonchev–Trinajstić information content (AvgIpc) is 2.14. The Morgan fingerprint density at radius 2 is 1.93 bits per heavy atom. The van der Waals surface area contributed by atoms with E-state index < -0.39 is 0 Å². The molecular formula is C11H23N3O. The number of hydrogen-bond acceptors (Lipinski definition) is 3. The maximum absolute atomic E-state index is 11.5. The van der Waals surface area contributed by atoms with Crippen LogP contribution in [0.5, 0.6) is 0 Å². The van der Waals surface area contributed by atoms with Crippen molar-refractivity contribution < 1.29 is 4.79 Å². The molecule has 0 aromatic heterocycles. The molecule has 1 aliphatic rings. The second-order valence-corrected chi connectivity index (χ2v) is 5.14. The fourth-order valence-corrected chi connectivity index (χ4v) is 1.68. The van der Waals surface area contributed by atoms with Gasteiger partial charge in [-0.2, -0.15) is 0 Å². The number of carbonyl (C=O) groups excluding carboxylic acids is 1. The van der Waals surface area contributed by atoms with Gasteiger partial charge in [0.2, 0.25) is 5.91 Å². The summed E-state index contributed by atoms with van der Waals surface area (Å²) in [6.45, 7) is 11.1. The van der Waals surface area contributed by atoms with E-state index in [4.69, 9.17) is 0 Å². The number of nitrogens with zero attached hydrogens (tertiary/aromatic N) is 1. The second-order valence-electron chi connectivity index (χ2n) is 5.14. The zero-order valence-electron chi connectivity index (χ0n) is 10.1. The van der Waals surface area contributed by atoms with E-state index in [1.54, 1.807) is 0 Å². The first-order valence-corrected chi connectivity index (χ1v) is 5.71. The van der Waals surface area contributed by atoms with Crippen molar-refractivity contribution in [1.82, 2.24) is 15.5 Å². The molecule has 1 aliphatic heterocycles. The molecular weight excluding hydrogens is 190 g/mol. The van der Waals surface area contributed by atoms with Crippen LogP contribution in [0.25, 0.3) is 0 Å². The van der Waals surface area contributed by atoms with Gasteiger partial charge in [-0.15, -0.1) is 0 Å². The van der Waals surface area contributed by atoms with Crippen LogP contribution in [-0.4, -0.2) is 49.1 Å². The molecule has 0 aromatic rings. The van der Waals surface area contributed by atoms with Crippen molar-refractivity contribution in [2.45, 2.75) is 32.7 Å². The SMILES string of the molecule is CC(C)(C)NC(=O)CCN1CCNCC1. The molecule has 1 fully saturated rings. The van der Waals surface area contributed by atoms with Crippen molar-refractivity contribution in [3.63, 3.8) is 0 Å². The van der Waals surface area contributed by atoms with E-state index in [9.17, 15) is 4.79 Å². The lowest BCUT2D eigenvalue weighted by Crippen LogP contribution is -2.46. The van der Waals surface area contributed by atoms with Crippen molar-refractivity contribution in [1.29, 1.82) is 0 Å². The van der Waals surface area contributed by atoms with E-state index in [1.807, 2.05) is 20.8 Å². The first kappa shape index (κ1) is 12.5. The summed E-state index contributed by atoms with van der Waals surface area (Å²) in [7, 11) is 0. The quantitative estimate of drug-likeness (QED) is 0.704. The third kappa shape index (κ3) is 5.74. The van der Waals surface area contributed by atoms with Gasteiger partial charge in [-0.1, -0.05) is 0 Å². The molecule has 0 radical (unpaired) electrons. The molecule has 0 unspecified atom stereocenters. The highest BCUT2D eigenvalue weighted by Crippen LogP contribution is 2.00. The van der Waals surface area contributed by atoms with Crippen molar-refractivity contribution in [3.05, 3.63) is 0 Å². The minimum Gasteiger partial charge on any atom is -0.351 e. The monoisotopic (exact) mass is 213 g/mol. The molecule has 0 aliphatic carbocycles. The molecule has 2 N–H and O–H groups in total. The van der Waals surface area contributed by atoms with Crippen LogP contribution in [0.4, 0.5) is 0 Å². The van der Waals surface area contributed by atoms with Crippen LogP contribution in [0.2, 0.25) is 0 Å². The van der Waals surface area contributed by atoms with E-state index in [0.29, 0.717) is 6.42 Å². The van der Waals surface area contributed by atoms with E-state index in [1.165, 1.54) is 0 Å². The fourth-order valence-electron chi connectivity index (χ4n) is 1.68. The Morgan fingerprint density at radius 1 is 1.33 bits per heavy atom. The molecule has 0 bridgehead atoms. The molecule has 1 heterocycles. The molecule has 1 saturated heterocycles. The highest BCUT2D eigenvalue weighted by Gasteiger charge is 2.15. The number of carbonyl (C=O) groups is 1. The molecule has 4 heteroatoms. The van der Waals surface area contributed by atoms with Gasteiger partial charge in [-0.05, 0) is 20.8 Å². The molecule has 0 spiro atoms. The van der Waals surface area contributed by atoms with Gasteiger partial charge < -0.3 is 15.5 Å². The van der Waals surface area contributed by atoms with Gasteiger partial charge in [-0.3, -0.25) is 4.79 Å². The Hall–Kier alpha value is -0.610. The van der Waals surface area contributed by atoms with Crippen LogP contribution in [0.1, 0.15) is 27.2 Å². The Labute approximate surface area is 92.4 Å². The smallest absolute Gasteiger partial charge is 0.221 e. The Morgan fingerprint density at radius 3 is 2.47 bits per heavy atom. The maximum Gasteiger partial charge on any atom is 0.221 e. The minimum atomic E-state index is -0.111. The third-order valence-electron chi connectivity index (χ3n) is 2.38. The Kier molecular flexibility index (Phi) is 4.54. The predicted molar refractivity (Wildman–Crippen MR) is 61.8 cm³/mol. The lowest BCUT2D eigenvalue weighted by atomic mass is 10.1. The maximum atomic E-state index is 11.5. The molecule has 0 saturated carbocycles. The molecule has 15 heavy (non-hydrogen) atoms. The van der Waals surface area contributed by atoms with Crippen LogP contribution in [0.3, 0.4) is 0 Å². The largest absolute Gasteiger partial charge is 0.351 e. The molecule has 1 amide bonds. The first-order chi connectivity index (χ1) is 6.97. The van der Waals surface area contributed by atoms with Gasteiger partial charge in [-0.25, -0.2) is 0 Å². The summed E-state index contributed by atoms with van der Waals surface area (Å²) in [5.74, 6) is 0.154. The van der Waals surface area contributed by atoms with Gasteiger partial charge in [0.15, 0.2) is 0 Å². The molecule has 1 rings (SSSR count). The van der Waals surface area contributed by atoms with Crippen LogP contribution in [-0.2, 0) is 4.79 Å². The first-order valence-electron chi connectivity index (χ1n) is 5.71. The van der Waals surface area contributed by atoms with Crippen molar-refractivity contribution in [2.24, 2.45) is 0 Å². The number of amides is 1. The Balaban J connectivity index is 2.15. The zero-order valence-corrected chi connectivity index (χ0v) is 10.1. The summed E-state index contributed by atoms with van der Waals surface area (Å²) in [6.07, 6.45) is 0.608. The lowest BCUT2D eigenvalue weighted by Gasteiger charge is -2.27. The van der Waals surface area contributed by atoms with Crippen molar-refractivity contribution in [2.75, 3.05) is 32.7 Å². The third-order valence-corrected chi connectivity index (χ3v) is 2.38. The number of hydrogen-bond donors (Lipinski definition) is 2. The van der Waals surface area contributed by atoms with Gasteiger partial charge >= 0.3 is 0 Å². The molecule has 0 atom stereocenters. The van der Waals surface area contributed by atoms with Crippen molar-refractivity contribution >= 4 is 5.91 Å². The topological polar surface area (TPSA) is 44.4 Å². The van der Waals surface area contributed by atoms with E-state index >= 15 is 0 Å². The summed E-state index contributed by atoms with van der Waals surface area (Å²) in [5.41, 5.74) is -0.111. The van der Waals surface area contributed by atoms with Crippen LogP contribution >= 0.6 is 0 Å². The van der Waals surface area contributed by atoms with Gasteiger partial charge in [0.1, 0.15) is 0 Å². The zero-order chi connectivity index (χ0) is 11.3. The van der Waals surface area contributed by atoms with Gasteiger partial charge in [0.25, 0.3) is 0 Å². The highest BCUT2D eigenvalue weighted by atomic mass is 16.1. The highest BCUT2D eigenvalue weighted by molar-refractivity contribution is 5.76. The summed E-state index contributed by atoms with van der Waals surface area (Å²) in [4.78, 5) is 13.9. The van der Waals surface area contributed by atoms with E-state index in [2.05, 4.69) is 15.5 Å². The van der Waals surface area contributed by atoms with Gasteiger partial charge in [0.05, 0.1) is 0 Å². The van der Waals surface area contributed by atoms with Crippen LogP contribution in [0.15, 0.2) is 0 Å². The van der Waals surface area contributed by atoms with Gasteiger partial charge in [0, 0.05) is 44.7 Å². The molecule has 0 aromatic carbocycles. The summed E-state index contributed by atoms with van der Waals surface area (Å²) in [6, 6.07) is 0. The number of rotatable bonds is 3. The van der Waals surface area contributed by atoms with Crippen LogP contribution < -0.4 is 10.6 Å². The number of piperazine rings is 1. The van der Waals surface area contributed by atoms with Crippen LogP contribution in [0, 0.1) is 0 Å².